The lowest BCUT2D eigenvalue weighted by Crippen LogP contribution is -1.96. The van der Waals surface area contributed by atoms with E-state index in [-0.39, 0.29) is 0 Å². The Morgan fingerprint density at radius 1 is 1.33 bits per heavy atom. The molecule has 1 unspecified atom stereocenters. The summed E-state index contributed by atoms with van der Waals surface area (Å²) < 4.78 is 0. The van der Waals surface area contributed by atoms with Gasteiger partial charge in [0, 0.05) is 0 Å². The van der Waals surface area contributed by atoms with Crippen LogP contribution in [0, 0.1) is 0 Å². The standard InChI is InChI=1S/C7H16S2/c1-6(2)9-5-4-7(3)8/h6-8H,4-5H2,1-3H3. The molecule has 0 heterocycles. The van der Waals surface area contributed by atoms with E-state index >= 15 is 0 Å². The highest BCUT2D eigenvalue weighted by Gasteiger charge is 1.96. The number of hydrogen-bond acceptors (Lipinski definition) is 2. The van der Waals surface area contributed by atoms with Crippen molar-refractivity contribution in [3.05, 3.63) is 0 Å². The third-order valence-electron chi connectivity index (χ3n) is 0.987. The summed E-state index contributed by atoms with van der Waals surface area (Å²) in [6, 6.07) is 0. The van der Waals surface area contributed by atoms with E-state index in [0.717, 1.165) is 5.25 Å². The Bertz CT molecular complexity index is 51.9. The number of rotatable bonds is 4. The molecule has 0 aliphatic carbocycles. The van der Waals surface area contributed by atoms with Crippen LogP contribution in [0.4, 0.5) is 0 Å². The minimum Gasteiger partial charge on any atom is -0.176 e. The lowest BCUT2D eigenvalue weighted by molar-refractivity contribution is 0.920. The molecule has 2 heteroatoms. The van der Waals surface area contributed by atoms with Crippen molar-refractivity contribution in [2.45, 2.75) is 37.7 Å². The SMILES string of the molecule is CC(S)CCSC(C)C. The Morgan fingerprint density at radius 3 is 2.22 bits per heavy atom. The summed E-state index contributed by atoms with van der Waals surface area (Å²) in [6.07, 6.45) is 1.23. The molecule has 0 bridgehead atoms. The Hall–Kier alpha value is 0.700. The van der Waals surface area contributed by atoms with E-state index in [1.807, 2.05) is 11.8 Å². The highest BCUT2D eigenvalue weighted by molar-refractivity contribution is 7.99. The third-order valence-corrected chi connectivity index (χ3v) is 2.38. The lowest BCUT2D eigenvalue weighted by atomic mass is 10.4. The number of hydrogen-bond donors (Lipinski definition) is 1. The number of thiol groups is 1. The van der Waals surface area contributed by atoms with Gasteiger partial charge < -0.3 is 0 Å². The van der Waals surface area contributed by atoms with Crippen molar-refractivity contribution in [1.29, 1.82) is 0 Å². The van der Waals surface area contributed by atoms with Crippen LogP contribution in [-0.2, 0) is 0 Å². The molecule has 0 fully saturated rings. The molecule has 0 nitrogen and oxygen atoms in total. The van der Waals surface area contributed by atoms with Crippen LogP contribution in [0.3, 0.4) is 0 Å². The minimum absolute atomic E-state index is 0.566. The molecule has 0 saturated heterocycles. The largest absolute Gasteiger partial charge is 0.176 e. The van der Waals surface area contributed by atoms with Gasteiger partial charge in [0.2, 0.25) is 0 Å². The van der Waals surface area contributed by atoms with Crippen molar-refractivity contribution >= 4 is 24.4 Å². The molecule has 0 aliphatic heterocycles. The average molecular weight is 164 g/mol. The first-order valence-corrected chi connectivity index (χ1v) is 4.99. The Kier molecular flexibility index (Phi) is 5.91. The van der Waals surface area contributed by atoms with Crippen LogP contribution >= 0.6 is 24.4 Å². The Balaban J connectivity index is 2.91. The molecular weight excluding hydrogens is 148 g/mol. The predicted molar refractivity (Wildman–Crippen MR) is 50.7 cm³/mol. The highest BCUT2D eigenvalue weighted by Crippen LogP contribution is 2.12. The van der Waals surface area contributed by atoms with E-state index in [9.17, 15) is 0 Å². The van der Waals surface area contributed by atoms with Crippen molar-refractivity contribution in [3.63, 3.8) is 0 Å². The average Bonchev–Trinajstić information content (AvgIpc) is 1.63. The molecule has 0 aliphatic rings. The van der Waals surface area contributed by atoms with Gasteiger partial charge in [0.25, 0.3) is 0 Å². The summed E-state index contributed by atoms with van der Waals surface area (Å²) in [5.74, 6) is 1.25. The molecular formula is C7H16S2. The molecule has 0 N–H and O–H groups in total. The van der Waals surface area contributed by atoms with E-state index in [1.54, 1.807) is 0 Å². The molecule has 56 valence electrons. The normalized spacial score (nSPS) is 14.3. The maximum absolute atomic E-state index is 4.29. The fourth-order valence-corrected chi connectivity index (χ4v) is 1.74. The molecule has 1 atom stereocenters. The topological polar surface area (TPSA) is 0 Å². The van der Waals surface area contributed by atoms with Crippen LogP contribution in [0.1, 0.15) is 27.2 Å². The van der Waals surface area contributed by atoms with Gasteiger partial charge in [0.15, 0.2) is 0 Å². The number of thioether (sulfide) groups is 1. The molecule has 0 aromatic carbocycles. The van der Waals surface area contributed by atoms with Gasteiger partial charge in [-0.2, -0.15) is 24.4 Å². The molecule has 0 radical (unpaired) electrons. The van der Waals surface area contributed by atoms with Gasteiger partial charge >= 0.3 is 0 Å². The van der Waals surface area contributed by atoms with Crippen LogP contribution in [0.5, 0.6) is 0 Å². The molecule has 9 heavy (non-hydrogen) atoms. The second kappa shape index (κ2) is 5.48. The first kappa shape index (κ1) is 9.70. The second-order valence-corrected chi connectivity index (χ2v) is 5.12. The first-order valence-electron chi connectivity index (χ1n) is 3.42. The van der Waals surface area contributed by atoms with Crippen LogP contribution in [-0.4, -0.2) is 16.3 Å². The fourth-order valence-electron chi connectivity index (χ4n) is 0.474. The van der Waals surface area contributed by atoms with Crippen LogP contribution in [0.25, 0.3) is 0 Å². The summed E-state index contributed by atoms with van der Waals surface area (Å²) in [7, 11) is 0. The molecule has 0 saturated carbocycles. The van der Waals surface area contributed by atoms with E-state index < -0.39 is 0 Å². The van der Waals surface area contributed by atoms with Crippen LogP contribution < -0.4 is 0 Å². The van der Waals surface area contributed by atoms with Gasteiger partial charge in [-0.1, -0.05) is 20.8 Å². The zero-order valence-electron chi connectivity index (χ0n) is 6.42. The Labute approximate surface area is 68.2 Å². The molecule has 0 spiro atoms. The van der Waals surface area contributed by atoms with Crippen molar-refractivity contribution < 1.29 is 0 Å². The quantitative estimate of drug-likeness (QED) is 0.623. The Morgan fingerprint density at radius 2 is 1.89 bits per heavy atom. The molecule has 0 rings (SSSR count). The van der Waals surface area contributed by atoms with E-state index in [4.69, 9.17) is 0 Å². The van der Waals surface area contributed by atoms with E-state index in [2.05, 4.69) is 33.4 Å². The summed E-state index contributed by atoms with van der Waals surface area (Å²) in [5.41, 5.74) is 0. The molecule has 0 aromatic heterocycles. The highest BCUT2D eigenvalue weighted by atomic mass is 32.2. The van der Waals surface area contributed by atoms with Gasteiger partial charge in [0.1, 0.15) is 0 Å². The smallest absolute Gasteiger partial charge is 0.000374 e. The van der Waals surface area contributed by atoms with Crippen molar-refractivity contribution in [2.75, 3.05) is 5.75 Å². The van der Waals surface area contributed by atoms with Crippen molar-refractivity contribution in [2.24, 2.45) is 0 Å². The van der Waals surface area contributed by atoms with Gasteiger partial charge in [-0.05, 0) is 22.7 Å². The van der Waals surface area contributed by atoms with Gasteiger partial charge in [-0.3, -0.25) is 0 Å². The summed E-state index contributed by atoms with van der Waals surface area (Å²) in [5, 5.41) is 1.34. The van der Waals surface area contributed by atoms with Crippen molar-refractivity contribution in [1.82, 2.24) is 0 Å². The maximum Gasteiger partial charge on any atom is -0.000374 e. The summed E-state index contributed by atoms with van der Waals surface area (Å²) in [4.78, 5) is 0. The van der Waals surface area contributed by atoms with Gasteiger partial charge in [-0.15, -0.1) is 0 Å². The van der Waals surface area contributed by atoms with E-state index in [0.29, 0.717) is 5.25 Å². The van der Waals surface area contributed by atoms with Crippen molar-refractivity contribution in [3.8, 4) is 0 Å². The summed E-state index contributed by atoms with van der Waals surface area (Å²) >= 11 is 6.30. The predicted octanol–water partition coefficient (Wildman–Crippen LogP) is 2.84. The second-order valence-electron chi connectivity index (χ2n) is 2.56. The van der Waals surface area contributed by atoms with Crippen LogP contribution in [0.2, 0.25) is 0 Å². The maximum atomic E-state index is 4.29. The molecule has 0 aromatic rings. The minimum atomic E-state index is 0.566. The zero-order chi connectivity index (χ0) is 7.28. The fraction of sp³-hybridized carbons (Fsp3) is 1.00. The lowest BCUT2D eigenvalue weighted by Gasteiger charge is -2.05. The van der Waals surface area contributed by atoms with Gasteiger partial charge in [-0.25, -0.2) is 0 Å². The van der Waals surface area contributed by atoms with Crippen LogP contribution in [0.15, 0.2) is 0 Å². The molecule has 0 amide bonds. The van der Waals surface area contributed by atoms with Gasteiger partial charge in [0.05, 0.1) is 0 Å². The first-order chi connectivity index (χ1) is 4.13. The van der Waals surface area contributed by atoms with E-state index in [1.165, 1.54) is 12.2 Å². The monoisotopic (exact) mass is 164 g/mol. The zero-order valence-corrected chi connectivity index (χ0v) is 8.14. The summed E-state index contributed by atoms with van der Waals surface area (Å²) in [6.45, 7) is 6.60. The third kappa shape index (κ3) is 8.70.